The highest BCUT2D eigenvalue weighted by Crippen LogP contribution is 2.24. The summed E-state index contributed by atoms with van der Waals surface area (Å²) in [6.45, 7) is 0. The molecule has 0 amide bonds. The van der Waals surface area contributed by atoms with Crippen LogP contribution in [0.15, 0.2) is 41.6 Å². The fourth-order valence-corrected chi connectivity index (χ4v) is 1.98. The molecule has 16 heavy (non-hydrogen) atoms. The highest BCUT2D eigenvalue weighted by molar-refractivity contribution is 8.14. The molecule has 0 atom stereocenters. The molecule has 1 N–H and O–H groups in total. The lowest BCUT2D eigenvalue weighted by molar-refractivity contribution is 0.108. The number of H-pyrrole nitrogens is 1. The van der Waals surface area contributed by atoms with Gasteiger partial charge in [-0.3, -0.25) is 9.59 Å². The number of nitrogens with zero attached hydrogens (tertiary/aromatic N) is 1. The maximum Gasteiger partial charge on any atom is 0.259 e. The summed E-state index contributed by atoms with van der Waals surface area (Å²) in [5, 5.41) is -0.209. The Morgan fingerprint density at radius 1 is 1.38 bits per heavy atom. The molecule has 2 aromatic rings. The highest BCUT2D eigenvalue weighted by Gasteiger charge is 2.12. The van der Waals surface area contributed by atoms with Gasteiger partial charge in [0.2, 0.25) is 0 Å². The predicted molar refractivity (Wildman–Crippen MR) is 60.6 cm³/mol. The van der Waals surface area contributed by atoms with Gasteiger partial charge in [0.05, 0.1) is 0 Å². The summed E-state index contributed by atoms with van der Waals surface area (Å²) in [4.78, 5) is 29.7. The molecule has 0 aliphatic heterocycles. The smallest absolute Gasteiger partial charge is 0.259 e. The van der Waals surface area contributed by atoms with Crippen LogP contribution >= 0.6 is 11.8 Å². The maximum absolute atomic E-state index is 11.7. The molecule has 0 saturated heterocycles. The van der Waals surface area contributed by atoms with Gasteiger partial charge in [0.25, 0.3) is 5.12 Å². The first-order chi connectivity index (χ1) is 7.81. The van der Waals surface area contributed by atoms with Gasteiger partial charge in [-0.05, 0) is 17.8 Å². The second-order valence-corrected chi connectivity index (χ2v) is 4.00. The maximum atomic E-state index is 11.7. The summed E-state index contributed by atoms with van der Waals surface area (Å²) in [7, 11) is 0. The van der Waals surface area contributed by atoms with Crippen molar-refractivity contribution in [2.45, 2.75) is 4.90 Å². The molecule has 0 radical (unpaired) electrons. The van der Waals surface area contributed by atoms with Crippen molar-refractivity contribution >= 4 is 23.2 Å². The van der Waals surface area contributed by atoms with E-state index in [1.807, 2.05) is 0 Å². The molecule has 0 aliphatic rings. The van der Waals surface area contributed by atoms with Crippen LogP contribution in [0.3, 0.4) is 0 Å². The molecule has 0 bridgehead atoms. The minimum atomic E-state index is -0.209. The number of benzene rings is 1. The van der Waals surface area contributed by atoms with Gasteiger partial charge in [0.1, 0.15) is 0 Å². The number of rotatable bonds is 3. The van der Waals surface area contributed by atoms with E-state index in [0.29, 0.717) is 10.5 Å². The Morgan fingerprint density at radius 3 is 2.88 bits per heavy atom. The van der Waals surface area contributed by atoms with Gasteiger partial charge in [0, 0.05) is 22.9 Å². The van der Waals surface area contributed by atoms with Crippen molar-refractivity contribution < 1.29 is 9.59 Å². The number of carbonyl (C=O) groups excluding carboxylic acids is 2. The van der Waals surface area contributed by atoms with E-state index >= 15 is 0 Å². The Hall–Kier alpha value is -1.88. The lowest BCUT2D eigenvalue weighted by Crippen LogP contribution is -1.97. The first-order valence-corrected chi connectivity index (χ1v) is 5.38. The molecule has 0 fully saturated rings. The van der Waals surface area contributed by atoms with Gasteiger partial charge in [0.15, 0.2) is 12.1 Å². The fraction of sp³-hybridized carbons (Fsp3) is 0. The molecule has 80 valence electrons. The van der Waals surface area contributed by atoms with Crippen LogP contribution in [0, 0.1) is 0 Å². The van der Waals surface area contributed by atoms with Crippen LogP contribution in [0.5, 0.6) is 0 Å². The van der Waals surface area contributed by atoms with E-state index in [2.05, 4.69) is 9.97 Å². The van der Waals surface area contributed by atoms with Gasteiger partial charge >= 0.3 is 0 Å². The summed E-state index contributed by atoms with van der Waals surface area (Å²) in [6.07, 6.45) is 3.83. The Kier molecular flexibility index (Phi) is 3.16. The molecule has 0 saturated carbocycles. The fourth-order valence-electron chi connectivity index (χ4n) is 1.20. The largest absolute Gasteiger partial charge is 0.341 e. The second kappa shape index (κ2) is 4.76. The van der Waals surface area contributed by atoms with Gasteiger partial charge < -0.3 is 4.98 Å². The summed E-state index contributed by atoms with van der Waals surface area (Å²) >= 11 is 0.989. The number of aldehydes is 1. The Balaban J connectivity index is 2.21. The lowest BCUT2D eigenvalue weighted by atomic mass is 10.2. The minimum absolute atomic E-state index is 0.209. The molecular formula is C11H8N2O2S. The number of aromatic nitrogens is 2. The molecular weight excluding hydrogens is 224 g/mol. The van der Waals surface area contributed by atoms with Gasteiger partial charge in [-0.25, -0.2) is 4.98 Å². The Labute approximate surface area is 96.1 Å². The van der Waals surface area contributed by atoms with E-state index < -0.39 is 0 Å². The molecule has 0 spiro atoms. The van der Waals surface area contributed by atoms with E-state index in [0.717, 1.165) is 18.0 Å². The van der Waals surface area contributed by atoms with Crippen LogP contribution in [-0.4, -0.2) is 21.4 Å². The normalized spacial score (nSPS) is 10.0. The average Bonchev–Trinajstić information content (AvgIpc) is 2.83. The van der Waals surface area contributed by atoms with Crippen LogP contribution in [0.1, 0.15) is 21.0 Å². The third-order valence-corrected chi connectivity index (χ3v) is 2.91. The van der Waals surface area contributed by atoms with Crippen molar-refractivity contribution in [3.63, 3.8) is 0 Å². The molecule has 1 aromatic heterocycles. The van der Waals surface area contributed by atoms with E-state index in [9.17, 15) is 9.59 Å². The van der Waals surface area contributed by atoms with E-state index in [1.165, 1.54) is 6.20 Å². The number of aromatic amines is 1. The van der Waals surface area contributed by atoms with Crippen LogP contribution in [0.2, 0.25) is 0 Å². The third kappa shape index (κ3) is 2.20. The molecule has 5 heteroatoms. The Morgan fingerprint density at radius 2 is 2.19 bits per heavy atom. The van der Waals surface area contributed by atoms with Crippen LogP contribution in [-0.2, 0) is 0 Å². The predicted octanol–water partition coefficient (Wildman–Crippen LogP) is 2.15. The van der Waals surface area contributed by atoms with E-state index in [-0.39, 0.29) is 10.9 Å². The zero-order valence-electron chi connectivity index (χ0n) is 8.21. The Bertz CT molecular complexity index is 508. The first-order valence-electron chi connectivity index (χ1n) is 4.57. The van der Waals surface area contributed by atoms with Crippen LogP contribution in [0.4, 0.5) is 0 Å². The number of hydrogen-bond acceptors (Lipinski definition) is 4. The number of nitrogens with one attached hydrogen (secondary N) is 1. The van der Waals surface area contributed by atoms with Crippen molar-refractivity contribution in [1.29, 1.82) is 0 Å². The van der Waals surface area contributed by atoms with Crippen molar-refractivity contribution in [1.82, 2.24) is 9.97 Å². The zero-order valence-corrected chi connectivity index (χ0v) is 9.03. The standard InChI is InChI=1S/C11H8N2O2S/c14-7-8-3-1-2-4-9(8)16-11(15)10-12-5-6-13-10/h1-7H,(H,12,13). The summed E-state index contributed by atoms with van der Waals surface area (Å²) in [5.74, 6) is 0.283. The quantitative estimate of drug-likeness (QED) is 0.650. The van der Waals surface area contributed by atoms with E-state index in [1.54, 1.807) is 30.5 Å². The molecule has 0 unspecified atom stereocenters. The lowest BCUT2D eigenvalue weighted by Gasteiger charge is -2.00. The first kappa shape index (κ1) is 10.6. The summed E-state index contributed by atoms with van der Waals surface area (Å²) in [6, 6.07) is 6.94. The number of carbonyl (C=O) groups is 2. The monoisotopic (exact) mass is 232 g/mol. The van der Waals surface area contributed by atoms with E-state index in [4.69, 9.17) is 0 Å². The zero-order chi connectivity index (χ0) is 11.4. The topological polar surface area (TPSA) is 62.8 Å². The molecule has 4 nitrogen and oxygen atoms in total. The summed E-state index contributed by atoms with van der Waals surface area (Å²) in [5.41, 5.74) is 0.507. The molecule has 0 aliphatic carbocycles. The highest BCUT2D eigenvalue weighted by atomic mass is 32.2. The molecule has 2 rings (SSSR count). The average molecular weight is 232 g/mol. The van der Waals surface area contributed by atoms with Crippen LogP contribution in [0.25, 0.3) is 0 Å². The van der Waals surface area contributed by atoms with Crippen molar-refractivity contribution in [3.05, 3.63) is 48.0 Å². The number of imidazole rings is 1. The number of hydrogen-bond donors (Lipinski definition) is 1. The van der Waals surface area contributed by atoms with Gasteiger partial charge in [-0.15, -0.1) is 0 Å². The van der Waals surface area contributed by atoms with Crippen molar-refractivity contribution in [3.8, 4) is 0 Å². The van der Waals surface area contributed by atoms with Gasteiger partial charge in [-0.2, -0.15) is 0 Å². The SMILES string of the molecule is O=Cc1ccccc1SC(=O)c1ncc[nH]1. The van der Waals surface area contributed by atoms with Crippen molar-refractivity contribution in [2.24, 2.45) is 0 Å². The third-order valence-electron chi connectivity index (χ3n) is 1.94. The van der Waals surface area contributed by atoms with Crippen molar-refractivity contribution in [2.75, 3.05) is 0 Å². The van der Waals surface area contributed by atoms with Gasteiger partial charge in [-0.1, -0.05) is 18.2 Å². The van der Waals surface area contributed by atoms with Crippen LogP contribution < -0.4 is 0 Å². The second-order valence-electron chi connectivity index (χ2n) is 2.98. The molecule has 1 heterocycles. The number of thioether (sulfide) groups is 1. The minimum Gasteiger partial charge on any atom is -0.341 e. The molecule has 1 aromatic carbocycles. The summed E-state index contributed by atoms with van der Waals surface area (Å²) < 4.78 is 0.